The van der Waals surface area contributed by atoms with Crippen molar-refractivity contribution in [3.63, 3.8) is 0 Å². The Morgan fingerprint density at radius 3 is 2.57 bits per heavy atom. The third-order valence-corrected chi connectivity index (χ3v) is 5.26. The molecule has 1 saturated carbocycles. The smallest absolute Gasteiger partial charge is 0.225 e. The highest BCUT2D eigenvalue weighted by molar-refractivity contribution is 5.81. The minimum atomic E-state index is -0.0860. The Bertz CT molecular complexity index is 412. The first-order valence-corrected chi connectivity index (χ1v) is 8.25. The van der Waals surface area contributed by atoms with E-state index in [2.05, 4.69) is 5.32 Å². The van der Waals surface area contributed by atoms with Crippen molar-refractivity contribution in [2.45, 2.75) is 50.5 Å². The maximum atomic E-state index is 12.1. The van der Waals surface area contributed by atoms with E-state index >= 15 is 0 Å². The van der Waals surface area contributed by atoms with Crippen LogP contribution >= 0.6 is 0 Å². The van der Waals surface area contributed by atoms with Crippen molar-refractivity contribution < 1.29 is 14.3 Å². The molecule has 1 aliphatic carbocycles. The fourth-order valence-electron chi connectivity index (χ4n) is 3.74. The normalized spacial score (nSPS) is 28.4. The van der Waals surface area contributed by atoms with Crippen molar-refractivity contribution in [1.82, 2.24) is 10.2 Å². The monoisotopic (exact) mass is 294 g/mol. The van der Waals surface area contributed by atoms with Crippen LogP contribution in [-0.2, 0) is 14.3 Å². The van der Waals surface area contributed by atoms with E-state index < -0.39 is 0 Å². The molecule has 1 spiro atoms. The van der Waals surface area contributed by atoms with Crippen LogP contribution in [-0.4, -0.2) is 49.1 Å². The molecule has 3 rings (SSSR count). The Labute approximate surface area is 126 Å². The van der Waals surface area contributed by atoms with Crippen LogP contribution < -0.4 is 5.32 Å². The predicted octanol–water partition coefficient (Wildman–Crippen LogP) is 1.32. The molecule has 118 valence electrons. The summed E-state index contributed by atoms with van der Waals surface area (Å²) in [5, 5.41) is 2.71. The zero-order valence-electron chi connectivity index (χ0n) is 12.9. The van der Waals surface area contributed by atoms with E-state index in [1.54, 1.807) is 7.05 Å². The first-order chi connectivity index (χ1) is 10.1. The number of amides is 2. The minimum absolute atomic E-state index is 0.0860. The van der Waals surface area contributed by atoms with Crippen molar-refractivity contribution in [3.05, 3.63) is 0 Å². The summed E-state index contributed by atoms with van der Waals surface area (Å²) < 4.78 is 6.09. The van der Waals surface area contributed by atoms with Gasteiger partial charge in [0.05, 0.1) is 5.60 Å². The molecule has 1 atom stereocenters. The van der Waals surface area contributed by atoms with Gasteiger partial charge < -0.3 is 15.0 Å². The number of piperidine rings is 1. The Morgan fingerprint density at radius 2 is 1.95 bits per heavy atom. The van der Waals surface area contributed by atoms with Gasteiger partial charge in [-0.25, -0.2) is 0 Å². The van der Waals surface area contributed by atoms with E-state index in [-0.39, 0.29) is 11.5 Å². The SMILES string of the molecule is CNC(=O)CC1CCOC2(CCN(C(=O)C3CC3)CC2)C1. The summed E-state index contributed by atoms with van der Waals surface area (Å²) in [4.78, 5) is 25.7. The zero-order valence-corrected chi connectivity index (χ0v) is 12.9. The Morgan fingerprint density at radius 1 is 1.24 bits per heavy atom. The van der Waals surface area contributed by atoms with Crippen molar-refractivity contribution in [1.29, 1.82) is 0 Å². The van der Waals surface area contributed by atoms with Crippen molar-refractivity contribution in [2.24, 2.45) is 11.8 Å². The number of ether oxygens (including phenoxy) is 1. The second kappa shape index (κ2) is 5.95. The second-order valence-corrected chi connectivity index (χ2v) is 6.87. The predicted molar refractivity (Wildman–Crippen MR) is 78.6 cm³/mol. The van der Waals surface area contributed by atoms with Crippen LogP contribution in [0.4, 0.5) is 0 Å². The van der Waals surface area contributed by atoms with Gasteiger partial charge in [-0.15, -0.1) is 0 Å². The molecule has 0 aromatic rings. The van der Waals surface area contributed by atoms with Gasteiger partial charge in [0.1, 0.15) is 0 Å². The van der Waals surface area contributed by atoms with Gasteiger partial charge >= 0.3 is 0 Å². The molecule has 1 unspecified atom stereocenters. The topological polar surface area (TPSA) is 58.6 Å². The average Bonchev–Trinajstić information content (AvgIpc) is 3.32. The molecular formula is C16H26N2O3. The minimum Gasteiger partial charge on any atom is -0.375 e. The van der Waals surface area contributed by atoms with Gasteiger partial charge in [-0.1, -0.05) is 0 Å². The van der Waals surface area contributed by atoms with E-state index in [9.17, 15) is 9.59 Å². The number of nitrogens with one attached hydrogen (secondary N) is 1. The number of likely N-dealkylation sites (tertiary alicyclic amines) is 1. The number of carbonyl (C=O) groups excluding carboxylic acids is 2. The lowest BCUT2D eigenvalue weighted by Gasteiger charge is -2.46. The molecule has 2 saturated heterocycles. The quantitative estimate of drug-likeness (QED) is 0.854. The second-order valence-electron chi connectivity index (χ2n) is 6.87. The molecule has 2 heterocycles. The van der Waals surface area contributed by atoms with Gasteiger partial charge in [0.2, 0.25) is 11.8 Å². The summed E-state index contributed by atoms with van der Waals surface area (Å²) >= 11 is 0. The van der Waals surface area contributed by atoms with Gasteiger partial charge in [-0.3, -0.25) is 9.59 Å². The maximum Gasteiger partial charge on any atom is 0.225 e. The lowest BCUT2D eigenvalue weighted by molar-refractivity contribution is -0.149. The van der Waals surface area contributed by atoms with Crippen LogP contribution in [0.3, 0.4) is 0 Å². The fourth-order valence-corrected chi connectivity index (χ4v) is 3.74. The molecule has 5 heteroatoms. The fraction of sp³-hybridized carbons (Fsp3) is 0.875. The molecule has 5 nitrogen and oxygen atoms in total. The molecule has 3 fully saturated rings. The Hall–Kier alpha value is -1.10. The summed E-state index contributed by atoms with van der Waals surface area (Å²) in [5.41, 5.74) is -0.0860. The maximum absolute atomic E-state index is 12.1. The highest BCUT2D eigenvalue weighted by Gasteiger charge is 2.43. The van der Waals surface area contributed by atoms with E-state index in [0.29, 0.717) is 24.2 Å². The van der Waals surface area contributed by atoms with Crippen LogP contribution in [0.2, 0.25) is 0 Å². The van der Waals surface area contributed by atoms with E-state index in [0.717, 1.165) is 58.2 Å². The molecular weight excluding hydrogens is 268 g/mol. The van der Waals surface area contributed by atoms with E-state index in [1.165, 1.54) is 0 Å². The number of carbonyl (C=O) groups is 2. The molecule has 2 amide bonds. The van der Waals surface area contributed by atoms with Crippen LogP contribution in [0.1, 0.15) is 44.9 Å². The molecule has 21 heavy (non-hydrogen) atoms. The van der Waals surface area contributed by atoms with Gasteiger partial charge in [0, 0.05) is 39.1 Å². The highest BCUT2D eigenvalue weighted by Crippen LogP contribution is 2.40. The molecule has 0 aromatic heterocycles. The summed E-state index contributed by atoms with van der Waals surface area (Å²) in [6.07, 6.45) is 6.54. The summed E-state index contributed by atoms with van der Waals surface area (Å²) in [5.74, 6) is 1.21. The van der Waals surface area contributed by atoms with Crippen molar-refractivity contribution in [2.75, 3.05) is 26.7 Å². The third-order valence-electron chi connectivity index (χ3n) is 5.26. The molecule has 0 radical (unpaired) electrons. The number of hydrogen-bond acceptors (Lipinski definition) is 3. The van der Waals surface area contributed by atoms with Crippen LogP contribution in [0.25, 0.3) is 0 Å². The summed E-state index contributed by atoms with van der Waals surface area (Å²) in [6.45, 7) is 2.39. The van der Waals surface area contributed by atoms with Crippen LogP contribution in [0.15, 0.2) is 0 Å². The molecule has 2 aliphatic heterocycles. The van der Waals surface area contributed by atoms with Gasteiger partial charge in [0.15, 0.2) is 0 Å². The lowest BCUT2D eigenvalue weighted by atomic mass is 9.78. The van der Waals surface area contributed by atoms with Crippen molar-refractivity contribution >= 4 is 11.8 Å². The average molecular weight is 294 g/mol. The molecule has 3 aliphatic rings. The molecule has 0 aromatic carbocycles. The number of rotatable bonds is 3. The largest absolute Gasteiger partial charge is 0.375 e. The standard InChI is InChI=1S/C16H26N2O3/c1-17-14(19)10-12-4-9-21-16(11-12)5-7-18(8-6-16)15(20)13-2-3-13/h12-13H,2-11H2,1H3,(H,17,19). The first-order valence-electron chi connectivity index (χ1n) is 8.25. The van der Waals surface area contributed by atoms with E-state index in [1.807, 2.05) is 4.90 Å². The van der Waals surface area contributed by atoms with Gasteiger partial charge in [-0.05, 0) is 44.4 Å². The highest BCUT2D eigenvalue weighted by atomic mass is 16.5. The Kier molecular flexibility index (Phi) is 4.20. The summed E-state index contributed by atoms with van der Waals surface area (Å²) in [7, 11) is 1.69. The van der Waals surface area contributed by atoms with Crippen molar-refractivity contribution in [3.8, 4) is 0 Å². The number of hydrogen-bond donors (Lipinski definition) is 1. The van der Waals surface area contributed by atoms with E-state index in [4.69, 9.17) is 4.74 Å². The first kappa shape index (κ1) is 14.8. The zero-order chi connectivity index (χ0) is 14.9. The van der Waals surface area contributed by atoms with Crippen LogP contribution in [0, 0.1) is 11.8 Å². The molecule has 1 N–H and O–H groups in total. The van der Waals surface area contributed by atoms with Gasteiger partial charge in [-0.2, -0.15) is 0 Å². The molecule has 0 bridgehead atoms. The summed E-state index contributed by atoms with van der Waals surface area (Å²) in [6, 6.07) is 0. The third kappa shape index (κ3) is 3.39. The van der Waals surface area contributed by atoms with Gasteiger partial charge in [0.25, 0.3) is 0 Å². The lowest BCUT2D eigenvalue weighted by Crippen LogP contribution is -2.51. The number of nitrogens with zero attached hydrogens (tertiary/aromatic N) is 1. The van der Waals surface area contributed by atoms with Crippen LogP contribution in [0.5, 0.6) is 0 Å². The Balaban J connectivity index is 1.53.